The zero-order valence-corrected chi connectivity index (χ0v) is 22.1. The Morgan fingerprint density at radius 2 is 2.08 bits per heavy atom. The predicted molar refractivity (Wildman–Crippen MR) is 136 cm³/mol. The van der Waals surface area contributed by atoms with Crippen LogP contribution in [-0.2, 0) is 18.3 Å². The molecule has 0 spiro atoms. The molecule has 5 rings (SSSR count). The number of amides is 1. The molecule has 1 atom stereocenters. The maximum absolute atomic E-state index is 13.8. The monoisotopic (exact) mass is 530 g/mol. The van der Waals surface area contributed by atoms with Gasteiger partial charge in [-0.05, 0) is 33.3 Å². The van der Waals surface area contributed by atoms with E-state index in [2.05, 4.69) is 10.1 Å². The molecule has 1 amide bonds. The molecule has 0 aromatic carbocycles. The first-order valence-corrected chi connectivity index (χ1v) is 13.1. The number of aliphatic hydroxyl groups is 1. The lowest BCUT2D eigenvalue weighted by molar-refractivity contribution is -0.0796. The van der Waals surface area contributed by atoms with E-state index in [1.54, 1.807) is 17.8 Å². The third-order valence-corrected chi connectivity index (χ3v) is 8.08. The summed E-state index contributed by atoms with van der Waals surface area (Å²) in [7, 11) is 1.41. The highest BCUT2D eigenvalue weighted by Crippen LogP contribution is 2.34. The average Bonchev–Trinajstić information content (AvgIpc) is 3.59. The van der Waals surface area contributed by atoms with Crippen LogP contribution in [0.5, 0.6) is 0 Å². The zero-order chi connectivity index (χ0) is 25.9. The van der Waals surface area contributed by atoms with Crippen molar-refractivity contribution in [2.24, 2.45) is 7.05 Å². The molecule has 1 N–H and O–H groups in total. The van der Waals surface area contributed by atoms with E-state index >= 15 is 0 Å². The fraction of sp³-hybridized carbons (Fsp3) is 0.435. The summed E-state index contributed by atoms with van der Waals surface area (Å²) in [5.74, 6) is -0.523. The summed E-state index contributed by atoms with van der Waals surface area (Å²) in [6.07, 6.45) is 3.88. The molecule has 0 aliphatic carbocycles. The van der Waals surface area contributed by atoms with Crippen molar-refractivity contribution in [1.29, 1.82) is 0 Å². The Morgan fingerprint density at radius 3 is 2.69 bits per heavy atom. The van der Waals surface area contributed by atoms with Crippen LogP contribution >= 0.6 is 22.7 Å². The van der Waals surface area contributed by atoms with Gasteiger partial charge in [-0.3, -0.25) is 23.6 Å². The summed E-state index contributed by atoms with van der Waals surface area (Å²) in [5, 5.41) is 18.8. The zero-order valence-electron chi connectivity index (χ0n) is 20.5. The molecule has 0 saturated carbocycles. The number of hydroxylamine groups is 2. The molecule has 1 aliphatic rings. The molecule has 13 heteroatoms. The number of aromatic nitrogens is 5. The molecule has 1 aliphatic heterocycles. The van der Waals surface area contributed by atoms with Crippen molar-refractivity contribution in [2.45, 2.75) is 45.8 Å². The van der Waals surface area contributed by atoms with Crippen LogP contribution < -0.4 is 11.2 Å². The lowest BCUT2D eigenvalue weighted by Crippen LogP contribution is -2.39. The fourth-order valence-electron chi connectivity index (χ4n) is 4.28. The van der Waals surface area contributed by atoms with Crippen molar-refractivity contribution in [2.75, 3.05) is 13.2 Å². The molecule has 1 fully saturated rings. The number of hydrogen-bond donors (Lipinski definition) is 1. The van der Waals surface area contributed by atoms with E-state index in [0.717, 1.165) is 20.9 Å². The van der Waals surface area contributed by atoms with E-state index in [1.807, 2.05) is 32.3 Å². The molecular formula is C23H26N6O5S2. The largest absolute Gasteiger partial charge is 0.386 e. The minimum atomic E-state index is -1.20. The number of carbonyl (C=O) groups excluding carboxylic acids is 1. The van der Waals surface area contributed by atoms with E-state index in [-0.39, 0.29) is 30.1 Å². The molecule has 1 saturated heterocycles. The maximum atomic E-state index is 13.8. The SMILES string of the molecule is Cc1nn(-c2nccs2)cc1Cc1sc2c(c1C(=O)N1C[C@](C)(O)CO1)c(=O)n(C)c(=O)n2C(C)C. The predicted octanol–water partition coefficient (Wildman–Crippen LogP) is 2.02. The highest BCUT2D eigenvalue weighted by Gasteiger charge is 2.39. The standard InChI is InChI=1S/C23H26N6O5S2/c1-12(2)29-20-17(18(30)26(5)22(29)32)16(19(31)28-10-23(4,33)11-34-28)15(36-20)8-14-9-27(25-13(14)3)21-24-6-7-35-21/h6-7,9,12,33H,8,10-11H2,1-5H3/t23-/m0/s1. The van der Waals surface area contributed by atoms with Gasteiger partial charge in [-0.2, -0.15) is 5.10 Å². The van der Waals surface area contributed by atoms with Crippen LogP contribution in [0.1, 0.15) is 53.3 Å². The molecule has 4 aromatic heterocycles. The van der Waals surface area contributed by atoms with Gasteiger partial charge in [0.05, 0.1) is 23.2 Å². The Hall–Kier alpha value is -3.13. The number of fused-ring (bicyclic) bond motifs is 1. The molecule has 36 heavy (non-hydrogen) atoms. The van der Waals surface area contributed by atoms with Crippen LogP contribution in [-0.4, -0.2) is 58.7 Å². The molecule has 4 aromatic rings. The normalized spacial score (nSPS) is 18.1. The number of nitrogens with zero attached hydrogens (tertiary/aromatic N) is 6. The third-order valence-electron chi connectivity index (χ3n) is 6.13. The lowest BCUT2D eigenvalue weighted by Gasteiger charge is -2.17. The van der Waals surface area contributed by atoms with Gasteiger partial charge in [0.25, 0.3) is 11.5 Å². The topological polar surface area (TPSA) is 124 Å². The van der Waals surface area contributed by atoms with Crippen molar-refractivity contribution >= 4 is 38.8 Å². The van der Waals surface area contributed by atoms with Gasteiger partial charge in [-0.1, -0.05) is 0 Å². The second-order valence-electron chi connectivity index (χ2n) is 9.48. The smallest absolute Gasteiger partial charge is 0.332 e. The van der Waals surface area contributed by atoms with Crippen LogP contribution in [0.15, 0.2) is 27.4 Å². The van der Waals surface area contributed by atoms with Gasteiger partial charge in [0.1, 0.15) is 17.0 Å². The summed E-state index contributed by atoms with van der Waals surface area (Å²) < 4.78 is 4.25. The highest BCUT2D eigenvalue weighted by molar-refractivity contribution is 7.19. The summed E-state index contributed by atoms with van der Waals surface area (Å²) in [4.78, 5) is 50.9. The number of carbonyl (C=O) groups is 1. The van der Waals surface area contributed by atoms with Gasteiger partial charge in [-0.15, -0.1) is 22.7 Å². The summed E-state index contributed by atoms with van der Waals surface area (Å²) in [6.45, 7) is 7.10. The molecule has 11 nitrogen and oxygen atoms in total. The van der Waals surface area contributed by atoms with Crippen molar-refractivity contribution in [3.05, 3.63) is 60.3 Å². The van der Waals surface area contributed by atoms with Gasteiger partial charge in [0.2, 0.25) is 5.13 Å². The van der Waals surface area contributed by atoms with E-state index in [9.17, 15) is 19.5 Å². The van der Waals surface area contributed by atoms with E-state index in [4.69, 9.17) is 4.84 Å². The van der Waals surface area contributed by atoms with Gasteiger partial charge in [0, 0.05) is 42.2 Å². The van der Waals surface area contributed by atoms with Gasteiger partial charge in [0.15, 0.2) is 0 Å². The van der Waals surface area contributed by atoms with Crippen molar-refractivity contribution in [1.82, 2.24) is 29.0 Å². The highest BCUT2D eigenvalue weighted by atomic mass is 32.1. The Labute approximate surface area is 213 Å². The van der Waals surface area contributed by atoms with Gasteiger partial charge in [-0.25, -0.2) is 19.5 Å². The summed E-state index contributed by atoms with van der Waals surface area (Å²) in [6, 6.07) is -0.237. The molecule has 5 heterocycles. The van der Waals surface area contributed by atoms with Crippen LogP contribution in [0.25, 0.3) is 15.3 Å². The maximum Gasteiger partial charge on any atom is 0.332 e. The molecule has 0 unspecified atom stereocenters. The van der Waals surface area contributed by atoms with Crippen LogP contribution in [0.4, 0.5) is 0 Å². The first-order valence-electron chi connectivity index (χ1n) is 11.4. The number of thiazole rings is 1. The lowest BCUT2D eigenvalue weighted by atomic mass is 10.1. The molecule has 190 valence electrons. The molecular weight excluding hydrogens is 504 g/mol. The first-order chi connectivity index (χ1) is 17.0. The first kappa shape index (κ1) is 24.6. The van der Waals surface area contributed by atoms with Crippen LogP contribution in [0, 0.1) is 6.92 Å². The number of rotatable bonds is 5. The Balaban J connectivity index is 1.71. The Morgan fingerprint density at radius 1 is 1.33 bits per heavy atom. The van der Waals surface area contributed by atoms with Crippen LogP contribution in [0.3, 0.4) is 0 Å². The number of β-amino-alcohol motifs (C(OH)–C–C–N with tert-alkyl or cyclic N) is 1. The van der Waals surface area contributed by atoms with E-state index in [0.29, 0.717) is 21.3 Å². The van der Waals surface area contributed by atoms with Crippen molar-refractivity contribution < 1.29 is 14.7 Å². The third kappa shape index (κ3) is 4.01. The van der Waals surface area contributed by atoms with E-state index < -0.39 is 22.8 Å². The summed E-state index contributed by atoms with van der Waals surface area (Å²) >= 11 is 2.70. The average molecular weight is 531 g/mol. The number of aryl methyl sites for hydroxylation is 1. The molecule has 0 radical (unpaired) electrons. The quantitative estimate of drug-likeness (QED) is 0.419. The molecule has 0 bridgehead atoms. The van der Waals surface area contributed by atoms with E-state index in [1.165, 1.54) is 34.3 Å². The Bertz CT molecular complexity index is 1590. The second-order valence-corrected chi connectivity index (χ2v) is 11.4. The number of thiophene rings is 1. The minimum absolute atomic E-state index is 0.0340. The second kappa shape index (κ2) is 8.76. The number of hydrogen-bond acceptors (Lipinski definition) is 9. The summed E-state index contributed by atoms with van der Waals surface area (Å²) in [5.41, 5.74) is -0.380. The van der Waals surface area contributed by atoms with Crippen molar-refractivity contribution in [3.8, 4) is 5.13 Å². The Kier molecular flexibility index (Phi) is 5.98. The van der Waals surface area contributed by atoms with Crippen LogP contribution in [0.2, 0.25) is 0 Å². The van der Waals surface area contributed by atoms with Crippen molar-refractivity contribution in [3.63, 3.8) is 0 Å². The van der Waals surface area contributed by atoms with Gasteiger partial charge >= 0.3 is 5.69 Å². The fourth-order valence-corrected chi connectivity index (χ4v) is 6.28. The van der Waals surface area contributed by atoms with Gasteiger partial charge < -0.3 is 5.11 Å². The minimum Gasteiger partial charge on any atom is -0.386 e.